The van der Waals surface area contributed by atoms with E-state index in [0.29, 0.717) is 17.8 Å². The third kappa shape index (κ3) is 7.33. The van der Waals surface area contributed by atoms with Crippen LogP contribution in [0.3, 0.4) is 0 Å². The Morgan fingerprint density at radius 2 is 1.74 bits per heavy atom. The van der Waals surface area contributed by atoms with Crippen LogP contribution in [0, 0.1) is 11.7 Å². The van der Waals surface area contributed by atoms with Gasteiger partial charge in [-0.15, -0.1) is 5.10 Å². The molecule has 1 heterocycles. The number of carbonyl (C=O) groups excluding carboxylic acids is 3. The third-order valence-corrected chi connectivity index (χ3v) is 6.16. The van der Waals surface area contributed by atoms with Gasteiger partial charge in [0.15, 0.2) is 0 Å². The quantitative estimate of drug-likeness (QED) is 0.156. The maximum absolute atomic E-state index is 13.4. The molecule has 1 aromatic heterocycles. The van der Waals surface area contributed by atoms with Gasteiger partial charge in [-0.25, -0.2) is 9.87 Å². The first-order valence-corrected chi connectivity index (χ1v) is 12.1. The van der Waals surface area contributed by atoms with E-state index in [9.17, 15) is 24.0 Å². The number of nitrogens with one attached hydrogen (secondary N) is 4. The van der Waals surface area contributed by atoms with Gasteiger partial charge in [-0.1, -0.05) is 41.6 Å². The number of aromatic nitrogens is 3. The van der Waals surface area contributed by atoms with Gasteiger partial charge in [0, 0.05) is 30.8 Å². The molecule has 0 spiro atoms. The number of rotatable bonds is 10. The molecule has 3 amide bonds. The van der Waals surface area contributed by atoms with Gasteiger partial charge in [0.05, 0.1) is 6.04 Å². The van der Waals surface area contributed by atoms with Crippen LogP contribution in [0.1, 0.15) is 41.0 Å². The molecule has 11 heteroatoms. The van der Waals surface area contributed by atoms with E-state index in [4.69, 9.17) is 0 Å². The van der Waals surface area contributed by atoms with Crippen molar-refractivity contribution < 1.29 is 24.0 Å². The molecule has 0 saturated carbocycles. The summed E-state index contributed by atoms with van der Waals surface area (Å²) < 4.78 is 13.4. The normalized spacial score (nSPS) is 12.3. The Balaban J connectivity index is 1.59. The summed E-state index contributed by atoms with van der Waals surface area (Å²) in [4.78, 5) is 36.6. The number of hydrogen-bond donors (Lipinski definition) is 5. The topological polar surface area (TPSA) is 149 Å². The number of carbonyl (C=O) groups is 3. The SMILES string of the molecule is CC(=O)Nc1cccc(-c2ccc(CC(CC(=O)NO)C(NC(=O)c3ccc(F)cc3)c3c[nH]nn3)cc2)c1. The molecule has 0 fully saturated rings. The Hall–Kier alpha value is -4.90. The second-order valence-electron chi connectivity index (χ2n) is 9.02. The lowest BCUT2D eigenvalue weighted by atomic mass is 9.86. The van der Waals surface area contributed by atoms with Crippen molar-refractivity contribution in [2.45, 2.75) is 25.8 Å². The molecule has 200 valence electrons. The lowest BCUT2D eigenvalue weighted by Gasteiger charge is -2.26. The Bertz CT molecular complexity index is 1430. The van der Waals surface area contributed by atoms with E-state index in [2.05, 4.69) is 26.0 Å². The van der Waals surface area contributed by atoms with Gasteiger partial charge < -0.3 is 10.6 Å². The molecule has 3 aromatic carbocycles. The summed E-state index contributed by atoms with van der Waals surface area (Å²) in [5.41, 5.74) is 5.68. The monoisotopic (exact) mass is 530 g/mol. The van der Waals surface area contributed by atoms with Crippen LogP contribution in [0.15, 0.2) is 79.0 Å². The molecule has 2 unspecified atom stereocenters. The van der Waals surface area contributed by atoms with Crippen LogP contribution in [0.25, 0.3) is 11.1 Å². The highest BCUT2D eigenvalue weighted by Gasteiger charge is 2.30. The first kappa shape index (κ1) is 27.1. The van der Waals surface area contributed by atoms with Crippen molar-refractivity contribution in [2.24, 2.45) is 5.92 Å². The number of amides is 3. The molecule has 2 atom stereocenters. The van der Waals surface area contributed by atoms with Crippen LogP contribution < -0.4 is 16.1 Å². The lowest BCUT2D eigenvalue weighted by molar-refractivity contribution is -0.130. The summed E-state index contributed by atoms with van der Waals surface area (Å²) in [6, 6.07) is 19.5. The van der Waals surface area contributed by atoms with E-state index in [1.807, 2.05) is 42.5 Å². The van der Waals surface area contributed by atoms with Crippen molar-refractivity contribution in [3.05, 3.63) is 102 Å². The number of aromatic amines is 1. The number of H-pyrrole nitrogens is 1. The Morgan fingerprint density at radius 1 is 1.00 bits per heavy atom. The molecule has 5 N–H and O–H groups in total. The second kappa shape index (κ2) is 12.6. The minimum Gasteiger partial charge on any atom is -0.343 e. The van der Waals surface area contributed by atoms with E-state index >= 15 is 0 Å². The van der Waals surface area contributed by atoms with Gasteiger partial charge >= 0.3 is 0 Å². The van der Waals surface area contributed by atoms with Crippen molar-refractivity contribution in [1.82, 2.24) is 26.2 Å². The zero-order chi connectivity index (χ0) is 27.8. The Morgan fingerprint density at radius 3 is 2.38 bits per heavy atom. The van der Waals surface area contributed by atoms with Gasteiger partial charge in [-0.05, 0) is 65.4 Å². The Kier molecular flexibility index (Phi) is 8.75. The molecular weight excluding hydrogens is 503 g/mol. The predicted octanol–water partition coefficient (Wildman–Crippen LogP) is 3.79. The van der Waals surface area contributed by atoms with E-state index in [-0.39, 0.29) is 17.9 Å². The van der Waals surface area contributed by atoms with E-state index in [1.54, 1.807) is 11.5 Å². The van der Waals surface area contributed by atoms with Crippen molar-refractivity contribution in [2.75, 3.05) is 5.32 Å². The number of hydroxylamine groups is 1. The van der Waals surface area contributed by atoms with Crippen LogP contribution >= 0.6 is 0 Å². The molecule has 0 saturated heterocycles. The molecule has 0 aliphatic carbocycles. The molecule has 0 aliphatic heterocycles. The highest BCUT2D eigenvalue weighted by molar-refractivity contribution is 5.94. The zero-order valence-corrected chi connectivity index (χ0v) is 21.0. The van der Waals surface area contributed by atoms with Crippen molar-refractivity contribution in [3.63, 3.8) is 0 Å². The van der Waals surface area contributed by atoms with E-state index in [1.165, 1.54) is 37.4 Å². The summed E-state index contributed by atoms with van der Waals surface area (Å²) in [6.45, 7) is 1.45. The number of nitrogens with zero attached hydrogens (tertiary/aromatic N) is 2. The van der Waals surface area contributed by atoms with Gasteiger partial charge in [0.1, 0.15) is 11.5 Å². The molecule has 10 nitrogen and oxygen atoms in total. The molecule has 39 heavy (non-hydrogen) atoms. The van der Waals surface area contributed by atoms with Crippen LogP contribution in [0.5, 0.6) is 0 Å². The van der Waals surface area contributed by atoms with Crippen LogP contribution in [0.4, 0.5) is 10.1 Å². The number of hydrogen-bond acceptors (Lipinski definition) is 6. The largest absolute Gasteiger partial charge is 0.343 e. The second-order valence-corrected chi connectivity index (χ2v) is 9.02. The summed E-state index contributed by atoms with van der Waals surface area (Å²) in [5.74, 6) is -2.26. The number of halogens is 1. The highest BCUT2D eigenvalue weighted by Crippen LogP contribution is 2.29. The smallest absolute Gasteiger partial charge is 0.251 e. The maximum Gasteiger partial charge on any atom is 0.251 e. The fourth-order valence-corrected chi connectivity index (χ4v) is 4.33. The fraction of sp³-hybridized carbons (Fsp3) is 0.179. The summed E-state index contributed by atoms with van der Waals surface area (Å²) in [5, 5.41) is 25.3. The fourth-order valence-electron chi connectivity index (χ4n) is 4.33. The van der Waals surface area contributed by atoms with Gasteiger partial charge in [-0.2, -0.15) is 0 Å². The number of benzene rings is 3. The predicted molar refractivity (Wildman–Crippen MR) is 141 cm³/mol. The molecule has 0 radical (unpaired) electrons. The summed E-state index contributed by atoms with van der Waals surface area (Å²) in [6.07, 6.45) is 1.74. The van der Waals surface area contributed by atoms with Crippen molar-refractivity contribution in [1.29, 1.82) is 0 Å². The maximum atomic E-state index is 13.4. The number of anilines is 1. The lowest BCUT2D eigenvalue weighted by Crippen LogP contribution is -2.37. The minimum absolute atomic E-state index is 0.127. The summed E-state index contributed by atoms with van der Waals surface area (Å²) in [7, 11) is 0. The molecule has 0 bridgehead atoms. The van der Waals surface area contributed by atoms with Gasteiger partial charge in [0.2, 0.25) is 11.8 Å². The zero-order valence-electron chi connectivity index (χ0n) is 21.0. The van der Waals surface area contributed by atoms with Crippen LogP contribution in [-0.4, -0.2) is 38.3 Å². The van der Waals surface area contributed by atoms with E-state index < -0.39 is 29.6 Å². The first-order chi connectivity index (χ1) is 18.8. The van der Waals surface area contributed by atoms with Crippen molar-refractivity contribution in [3.8, 4) is 11.1 Å². The first-order valence-electron chi connectivity index (χ1n) is 12.1. The van der Waals surface area contributed by atoms with Gasteiger partial charge in [0.25, 0.3) is 5.91 Å². The Labute approximate surface area is 223 Å². The van der Waals surface area contributed by atoms with E-state index in [0.717, 1.165) is 16.7 Å². The standard InChI is InChI=1S/C28H27FN6O4/c1-17(36)31-24-4-2-3-21(14-24)19-7-5-18(6-8-19)13-22(15-26(37)34-39)27(25-16-30-35-33-25)32-28(38)20-9-11-23(29)12-10-20/h2-12,14,16,22,27,39H,13,15H2,1H3,(H,31,36)(H,32,38)(H,34,37)(H,30,33,35). The minimum atomic E-state index is -0.757. The molecular formula is C28H27FN6O4. The molecule has 4 aromatic rings. The average molecular weight is 531 g/mol. The van der Waals surface area contributed by atoms with Crippen LogP contribution in [0.2, 0.25) is 0 Å². The highest BCUT2D eigenvalue weighted by atomic mass is 19.1. The molecule has 0 aliphatic rings. The van der Waals surface area contributed by atoms with Gasteiger partial charge in [-0.3, -0.25) is 24.7 Å². The van der Waals surface area contributed by atoms with Crippen LogP contribution in [-0.2, 0) is 16.0 Å². The summed E-state index contributed by atoms with van der Waals surface area (Å²) >= 11 is 0. The van der Waals surface area contributed by atoms with Crippen molar-refractivity contribution >= 4 is 23.4 Å². The molecule has 4 rings (SSSR count). The average Bonchev–Trinajstić information content (AvgIpc) is 3.46. The third-order valence-electron chi connectivity index (χ3n) is 6.16.